The molecule has 164 valence electrons. The van der Waals surface area contributed by atoms with Crippen molar-refractivity contribution in [2.75, 3.05) is 19.8 Å². The molecule has 1 heterocycles. The topological polar surface area (TPSA) is 105 Å². The molecule has 0 bridgehead atoms. The molecule has 0 spiro atoms. The van der Waals surface area contributed by atoms with E-state index in [2.05, 4.69) is 10.6 Å². The molecular weight excluding hydrogens is 420 g/mol. The molecule has 7 nitrogen and oxygen atoms in total. The zero-order chi connectivity index (χ0) is 22.3. The maximum Gasteiger partial charge on any atom is 0.311 e. The number of ether oxygens (including phenoxy) is 1. The van der Waals surface area contributed by atoms with E-state index in [9.17, 15) is 19.5 Å². The van der Waals surface area contributed by atoms with Gasteiger partial charge in [-0.3, -0.25) is 14.4 Å². The molecule has 0 saturated carbocycles. The number of nitrogens with one attached hydrogen (secondary N) is 2. The van der Waals surface area contributed by atoms with E-state index in [1.54, 1.807) is 24.3 Å². The van der Waals surface area contributed by atoms with E-state index in [1.807, 2.05) is 30.3 Å². The van der Waals surface area contributed by atoms with Crippen LogP contribution in [0.2, 0.25) is 5.02 Å². The van der Waals surface area contributed by atoms with Crippen LogP contribution in [0.15, 0.2) is 54.6 Å². The van der Waals surface area contributed by atoms with Crippen molar-refractivity contribution < 1.29 is 24.2 Å². The number of halogens is 1. The molecule has 0 aliphatic carbocycles. The highest BCUT2D eigenvalue weighted by Crippen LogP contribution is 2.30. The minimum Gasteiger partial charge on any atom is -0.481 e. The van der Waals surface area contributed by atoms with Gasteiger partial charge in [-0.25, -0.2) is 0 Å². The quantitative estimate of drug-likeness (QED) is 0.580. The Labute approximate surface area is 185 Å². The number of carboxylic acids is 1. The summed E-state index contributed by atoms with van der Waals surface area (Å²) in [4.78, 5) is 37.3. The van der Waals surface area contributed by atoms with Gasteiger partial charge >= 0.3 is 5.97 Å². The highest BCUT2D eigenvalue weighted by Gasteiger charge is 2.40. The van der Waals surface area contributed by atoms with Crippen LogP contribution in [-0.2, 0) is 14.3 Å². The van der Waals surface area contributed by atoms with Crippen molar-refractivity contribution in [3.8, 4) is 0 Å². The van der Waals surface area contributed by atoms with Gasteiger partial charge in [0.1, 0.15) is 0 Å². The Kier molecular flexibility index (Phi) is 7.65. The van der Waals surface area contributed by atoms with Crippen LogP contribution in [0.4, 0.5) is 0 Å². The Hall–Kier alpha value is -2.90. The Balaban J connectivity index is 1.70. The van der Waals surface area contributed by atoms with Crippen molar-refractivity contribution in [1.29, 1.82) is 0 Å². The summed E-state index contributed by atoms with van der Waals surface area (Å²) in [5, 5.41) is 15.6. The van der Waals surface area contributed by atoms with Gasteiger partial charge < -0.3 is 20.5 Å². The fourth-order valence-corrected chi connectivity index (χ4v) is 3.79. The molecule has 2 aromatic rings. The number of benzene rings is 2. The van der Waals surface area contributed by atoms with Crippen LogP contribution in [0.5, 0.6) is 0 Å². The SMILES string of the molecule is O=C(CC(NC(=O)c1ccccc1Cl)c1ccccc1)NCC1(C(=O)O)CCOCC1. The molecule has 1 aliphatic heterocycles. The summed E-state index contributed by atoms with van der Waals surface area (Å²) in [6.07, 6.45) is 0.647. The number of carboxylic acid groups (broad SMARTS) is 1. The van der Waals surface area contributed by atoms with Gasteiger partial charge in [-0.1, -0.05) is 54.1 Å². The van der Waals surface area contributed by atoms with Crippen LogP contribution in [0, 0.1) is 5.41 Å². The third-order valence-corrected chi connectivity index (χ3v) is 5.87. The van der Waals surface area contributed by atoms with E-state index >= 15 is 0 Å². The van der Waals surface area contributed by atoms with Gasteiger partial charge in [-0.05, 0) is 30.5 Å². The zero-order valence-corrected chi connectivity index (χ0v) is 17.7. The fraction of sp³-hybridized carbons (Fsp3) is 0.348. The predicted octanol–water partition coefficient (Wildman–Crippen LogP) is 3.20. The summed E-state index contributed by atoms with van der Waals surface area (Å²) < 4.78 is 5.27. The van der Waals surface area contributed by atoms with Gasteiger partial charge in [-0.15, -0.1) is 0 Å². The molecule has 2 amide bonds. The zero-order valence-electron chi connectivity index (χ0n) is 17.0. The van der Waals surface area contributed by atoms with Crippen LogP contribution in [0.3, 0.4) is 0 Å². The summed E-state index contributed by atoms with van der Waals surface area (Å²) in [5.41, 5.74) is 0.0476. The van der Waals surface area contributed by atoms with Crippen LogP contribution in [0.1, 0.15) is 41.2 Å². The first-order valence-electron chi connectivity index (χ1n) is 10.1. The van der Waals surface area contributed by atoms with E-state index in [-0.39, 0.29) is 18.9 Å². The van der Waals surface area contributed by atoms with Crippen molar-refractivity contribution in [2.45, 2.75) is 25.3 Å². The first-order valence-corrected chi connectivity index (χ1v) is 10.5. The summed E-state index contributed by atoms with van der Waals surface area (Å²) >= 11 is 6.13. The van der Waals surface area contributed by atoms with Crippen LogP contribution in [0.25, 0.3) is 0 Å². The number of hydrogen-bond donors (Lipinski definition) is 3. The lowest BCUT2D eigenvalue weighted by atomic mass is 9.80. The molecule has 3 N–H and O–H groups in total. The first kappa shape index (κ1) is 22.8. The van der Waals surface area contributed by atoms with Gasteiger partial charge in [0.25, 0.3) is 5.91 Å². The van der Waals surface area contributed by atoms with E-state index in [4.69, 9.17) is 16.3 Å². The molecule has 0 aromatic heterocycles. The van der Waals surface area contributed by atoms with Gasteiger partial charge in [0.15, 0.2) is 0 Å². The second kappa shape index (κ2) is 10.4. The van der Waals surface area contributed by atoms with Crippen molar-refractivity contribution in [3.05, 3.63) is 70.7 Å². The monoisotopic (exact) mass is 444 g/mol. The molecule has 8 heteroatoms. The maximum absolute atomic E-state index is 12.8. The third-order valence-electron chi connectivity index (χ3n) is 5.54. The lowest BCUT2D eigenvalue weighted by molar-refractivity contribution is -0.154. The van der Waals surface area contributed by atoms with E-state index in [0.29, 0.717) is 36.6 Å². The maximum atomic E-state index is 12.8. The highest BCUT2D eigenvalue weighted by molar-refractivity contribution is 6.33. The van der Waals surface area contributed by atoms with Crippen LogP contribution >= 0.6 is 11.6 Å². The minimum atomic E-state index is -1.03. The molecular formula is C23H25ClN2O5. The summed E-state index contributed by atoms with van der Waals surface area (Å²) in [5.74, 6) is -1.68. The summed E-state index contributed by atoms with van der Waals surface area (Å²) in [6, 6.07) is 15.2. The minimum absolute atomic E-state index is 0.0183. The molecule has 1 saturated heterocycles. The molecule has 1 aliphatic rings. The summed E-state index contributed by atoms with van der Waals surface area (Å²) in [6.45, 7) is 0.718. The van der Waals surface area contributed by atoms with Gasteiger partial charge in [0.2, 0.25) is 5.91 Å². The average Bonchev–Trinajstić information content (AvgIpc) is 2.78. The number of carbonyl (C=O) groups excluding carboxylic acids is 2. The molecule has 1 atom stereocenters. The third kappa shape index (κ3) is 5.83. The van der Waals surface area contributed by atoms with Crippen molar-refractivity contribution in [2.24, 2.45) is 5.41 Å². The Bertz CT molecular complexity index is 929. The van der Waals surface area contributed by atoms with Crippen LogP contribution in [-0.4, -0.2) is 42.6 Å². The standard InChI is InChI=1S/C23H25ClN2O5/c24-18-9-5-4-8-17(18)21(28)26-19(16-6-2-1-3-7-16)14-20(27)25-15-23(22(29)30)10-12-31-13-11-23/h1-9,19H,10-15H2,(H,25,27)(H,26,28)(H,29,30). The molecule has 2 aromatic carbocycles. The lowest BCUT2D eigenvalue weighted by Gasteiger charge is -2.33. The van der Waals surface area contributed by atoms with Crippen molar-refractivity contribution in [3.63, 3.8) is 0 Å². The normalized spacial score (nSPS) is 16.2. The van der Waals surface area contributed by atoms with E-state index in [1.165, 1.54) is 0 Å². The molecule has 1 fully saturated rings. The van der Waals surface area contributed by atoms with Crippen LogP contribution < -0.4 is 10.6 Å². The van der Waals surface area contributed by atoms with Crippen molar-refractivity contribution >= 4 is 29.4 Å². The number of rotatable bonds is 8. The van der Waals surface area contributed by atoms with Gasteiger partial charge in [0.05, 0.1) is 28.5 Å². The Morgan fingerprint density at radius 3 is 2.32 bits per heavy atom. The number of amides is 2. The van der Waals surface area contributed by atoms with Gasteiger partial charge in [0, 0.05) is 19.8 Å². The number of hydrogen-bond acceptors (Lipinski definition) is 4. The van der Waals surface area contributed by atoms with E-state index < -0.39 is 23.3 Å². The highest BCUT2D eigenvalue weighted by atomic mass is 35.5. The molecule has 31 heavy (non-hydrogen) atoms. The fourth-order valence-electron chi connectivity index (χ4n) is 3.57. The lowest BCUT2D eigenvalue weighted by Crippen LogP contribution is -2.47. The smallest absolute Gasteiger partial charge is 0.311 e. The average molecular weight is 445 g/mol. The largest absolute Gasteiger partial charge is 0.481 e. The molecule has 3 rings (SSSR count). The second-order valence-corrected chi connectivity index (χ2v) is 8.00. The van der Waals surface area contributed by atoms with E-state index in [0.717, 1.165) is 5.56 Å². The molecule has 1 unspecified atom stereocenters. The second-order valence-electron chi connectivity index (χ2n) is 7.60. The van der Waals surface area contributed by atoms with Gasteiger partial charge in [-0.2, -0.15) is 0 Å². The first-order chi connectivity index (χ1) is 14.9. The molecule has 0 radical (unpaired) electrons. The predicted molar refractivity (Wildman–Crippen MR) is 116 cm³/mol. The Morgan fingerprint density at radius 1 is 1.03 bits per heavy atom. The Morgan fingerprint density at radius 2 is 1.68 bits per heavy atom. The number of aliphatic carboxylic acids is 1. The van der Waals surface area contributed by atoms with Crippen molar-refractivity contribution in [1.82, 2.24) is 10.6 Å². The number of carbonyl (C=O) groups is 3. The summed E-state index contributed by atoms with van der Waals surface area (Å²) in [7, 11) is 0.